The molecule has 0 saturated carbocycles. The van der Waals surface area contributed by atoms with Gasteiger partial charge in [-0.15, -0.1) is 0 Å². The van der Waals surface area contributed by atoms with E-state index in [0.717, 1.165) is 17.9 Å². The lowest BCUT2D eigenvalue weighted by molar-refractivity contribution is -0.137. The third-order valence-corrected chi connectivity index (χ3v) is 4.13. The maximum atomic E-state index is 12.7. The number of carbonyl (C=O) groups is 1. The Morgan fingerprint density at radius 3 is 2.50 bits per heavy atom. The fraction of sp³-hybridized carbons (Fsp3) is 0.278. The second-order valence-electron chi connectivity index (χ2n) is 5.53. The van der Waals surface area contributed by atoms with E-state index >= 15 is 0 Å². The third kappa shape index (κ3) is 5.96. The first-order valence-corrected chi connectivity index (χ1v) is 9.19. The minimum absolute atomic E-state index is 0.0794. The van der Waals surface area contributed by atoms with Crippen LogP contribution in [0.5, 0.6) is 11.5 Å². The van der Waals surface area contributed by atoms with Crippen molar-refractivity contribution < 1.29 is 22.7 Å². The van der Waals surface area contributed by atoms with Crippen LogP contribution in [0.2, 0.25) is 0 Å². The zero-order valence-electron chi connectivity index (χ0n) is 14.0. The molecule has 4 nitrogen and oxygen atoms in total. The zero-order valence-corrected chi connectivity index (χ0v) is 14.9. The molecule has 8 heteroatoms. The van der Waals surface area contributed by atoms with E-state index in [0.29, 0.717) is 17.9 Å². The van der Waals surface area contributed by atoms with Crippen LogP contribution < -0.4 is 15.8 Å². The fourth-order valence-electron chi connectivity index (χ4n) is 2.09. The van der Waals surface area contributed by atoms with Gasteiger partial charge in [-0.1, -0.05) is 6.07 Å². The summed E-state index contributed by atoms with van der Waals surface area (Å²) in [7, 11) is 0. The van der Waals surface area contributed by atoms with Gasteiger partial charge in [-0.25, -0.2) is 0 Å². The molecule has 3 N–H and O–H groups in total. The average Bonchev–Trinajstić information content (AvgIpc) is 2.60. The lowest BCUT2D eigenvalue weighted by Crippen LogP contribution is -2.36. The Bertz CT molecular complexity index is 736. The summed E-state index contributed by atoms with van der Waals surface area (Å²) in [5.74, 6) is 0.938. The number of nitrogens with one attached hydrogen (secondary N) is 1. The van der Waals surface area contributed by atoms with Crippen molar-refractivity contribution in [3.8, 4) is 11.5 Å². The number of ether oxygens (including phenoxy) is 1. The maximum absolute atomic E-state index is 12.7. The minimum atomic E-state index is -4.43. The zero-order chi connectivity index (χ0) is 19.2. The first-order valence-electron chi connectivity index (χ1n) is 7.80. The number of anilines is 1. The number of nitrogens with two attached hydrogens (primary N) is 1. The highest BCUT2D eigenvalue weighted by Gasteiger charge is 2.30. The maximum Gasteiger partial charge on any atom is 0.416 e. The van der Waals surface area contributed by atoms with Crippen LogP contribution in [0.25, 0.3) is 0 Å². The van der Waals surface area contributed by atoms with Gasteiger partial charge >= 0.3 is 6.18 Å². The number of alkyl halides is 3. The van der Waals surface area contributed by atoms with Gasteiger partial charge in [-0.2, -0.15) is 24.9 Å². The Morgan fingerprint density at radius 1 is 1.19 bits per heavy atom. The van der Waals surface area contributed by atoms with Gasteiger partial charge in [0.25, 0.3) is 0 Å². The molecule has 0 saturated heterocycles. The fourth-order valence-corrected chi connectivity index (χ4v) is 2.58. The van der Waals surface area contributed by atoms with Crippen molar-refractivity contribution in [1.82, 2.24) is 0 Å². The quantitative estimate of drug-likeness (QED) is 0.737. The van der Waals surface area contributed by atoms with Crippen LogP contribution in [0.15, 0.2) is 48.5 Å². The van der Waals surface area contributed by atoms with Crippen molar-refractivity contribution >= 4 is 23.4 Å². The molecule has 0 unspecified atom stereocenters. The first-order chi connectivity index (χ1) is 12.3. The molecule has 140 valence electrons. The van der Waals surface area contributed by atoms with E-state index in [1.165, 1.54) is 12.1 Å². The van der Waals surface area contributed by atoms with Crippen LogP contribution in [0.1, 0.15) is 12.0 Å². The molecule has 0 aliphatic heterocycles. The predicted molar refractivity (Wildman–Crippen MR) is 97.6 cm³/mol. The van der Waals surface area contributed by atoms with Crippen molar-refractivity contribution in [1.29, 1.82) is 0 Å². The Morgan fingerprint density at radius 2 is 1.88 bits per heavy atom. The van der Waals surface area contributed by atoms with Gasteiger partial charge in [0.2, 0.25) is 5.91 Å². The topological polar surface area (TPSA) is 64.4 Å². The van der Waals surface area contributed by atoms with Crippen LogP contribution >= 0.6 is 11.8 Å². The highest BCUT2D eigenvalue weighted by atomic mass is 32.2. The second-order valence-corrected chi connectivity index (χ2v) is 6.51. The van der Waals surface area contributed by atoms with Crippen molar-refractivity contribution in [2.45, 2.75) is 18.6 Å². The summed E-state index contributed by atoms with van der Waals surface area (Å²) in [4.78, 5) is 11.9. The van der Waals surface area contributed by atoms with E-state index in [4.69, 9.17) is 10.5 Å². The number of carbonyl (C=O) groups excluding carboxylic acids is 1. The predicted octanol–water partition coefficient (Wildman–Crippen LogP) is 4.52. The van der Waals surface area contributed by atoms with Gasteiger partial charge < -0.3 is 15.8 Å². The van der Waals surface area contributed by atoms with Crippen LogP contribution in [0.3, 0.4) is 0 Å². The molecule has 0 fully saturated rings. The monoisotopic (exact) mass is 384 g/mol. The molecular weight excluding hydrogens is 365 g/mol. The van der Waals surface area contributed by atoms with E-state index in [1.54, 1.807) is 36.0 Å². The molecule has 1 atom stereocenters. The average molecular weight is 384 g/mol. The number of halogens is 3. The standard InChI is InChI=1S/C18H19F3N2O2S/c1-26-10-9-16(22)17(24)23-13-5-7-14(8-6-13)25-15-4-2-3-12(11-15)18(19,20)21/h2-8,11,16H,9-10,22H2,1H3,(H,23,24)/t16-/m0/s1. The van der Waals surface area contributed by atoms with Gasteiger partial charge in [0, 0.05) is 5.69 Å². The lowest BCUT2D eigenvalue weighted by atomic mass is 10.2. The molecular formula is C18H19F3N2O2S. The van der Waals surface area contributed by atoms with Crippen LogP contribution in [-0.2, 0) is 11.0 Å². The molecule has 1 amide bonds. The van der Waals surface area contributed by atoms with E-state index in [1.807, 2.05) is 6.26 Å². The highest BCUT2D eigenvalue weighted by Crippen LogP contribution is 2.32. The Hall–Kier alpha value is -2.19. The molecule has 0 spiro atoms. The van der Waals surface area contributed by atoms with Crippen molar-refractivity contribution in [3.63, 3.8) is 0 Å². The summed E-state index contributed by atoms with van der Waals surface area (Å²) >= 11 is 1.61. The molecule has 26 heavy (non-hydrogen) atoms. The number of benzene rings is 2. The van der Waals surface area contributed by atoms with Crippen LogP contribution in [0.4, 0.5) is 18.9 Å². The summed E-state index contributed by atoms with van der Waals surface area (Å²) in [5.41, 5.74) is 5.54. The Labute approximate surface area is 153 Å². The SMILES string of the molecule is CSCC[C@H](N)C(=O)Nc1ccc(Oc2cccc(C(F)(F)F)c2)cc1. The second kappa shape index (κ2) is 8.95. The molecule has 2 rings (SSSR count). The lowest BCUT2D eigenvalue weighted by Gasteiger charge is -2.13. The van der Waals surface area contributed by atoms with Crippen LogP contribution in [0, 0.1) is 0 Å². The molecule has 2 aromatic rings. The smallest absolute Gasteiger partial charge is 0.416 e. The molecule has 0 radical (unpaired) electrons. The van der Waals surface area contributed by atoms with Crippen molar-refractivity contribution in [2.75, 3.05) is 17.3 Å². The Balaban J connectivity index is 1.98. The van der Waals surface area contributed by atoms with Crippen molar-refractivity contribution in [3.05, 3.63) is 54.1 Å². The first kappa shape index (κ1) is 20.1. The van der Waals surface area contributed by atoms with E-state index < -0.39 is 17.8 Å². The van der Waals surface area contributed by atoms with Gasteiger partial charge in [0.15, 0.2) is 0 Å². The normalized spacial score (nSPS) is 12.5. The highest BCUT2D eigenvalue weighted by molar-refractivity contribution is 7.98. The minimum Gasteiger partial charge on any atom is -0.457 e. The molecule has 0 aromatic heterocycles. The van der Waals surface area contributed by atoms with E-state index in [2.05, 4.69) is 5.32 Å². The van der Waals surface area contributed by atoms with E-state index in [9.17, 15) is 18.0 Å². The number of thioether (sulfide) groups is 1. The van der Waals surface area contributed by atoms with Gasteiger partial charge in [0.1, 0.15) is 11.5 Å². The molecule has 0 heterocycles. The van der Waals surface area contributed by atoms with Gasteiger partial charge in [-0.3, -0.25) is 4.79 Å². The third-order valence-electron chi connectivity index (χ3n) is 3.49. The molecule has 0 aliphatic carbocycles. The summed E-state index contributed by atoms with van der Waals surface area (Å²) in [6, 6.07) is 10.4. The van der Waals surface area contributed by atoms with Gasteiger partial charge in [0.05, 0.1) is 11.6 Å². The summed E-state index contributed by atoms with van der Waals surface area (Å²) in [6.07, 6.45) is -1.92. The molecule has 0 aliphatic rings. The van der Waals surface area contributed by atoms with Crippen LogP contribution in [-0.4, -0.2) is 24.0 Å². The molecule has 2 aromatic carbocycles. The summed E-state index contributed by atoms with van der Waals surface area (Å²) in [6.45, 7) is 0. The van der Waals surface area contributed by atoms with E-state index in [-0.39, 0.29) is 11.7 Å². The number of hydrogen-bond donors (Lipinski definition) is 2. The number of amides is 1. The molecule has 0 bridgehead atoms. The van der Waals surface area contributed by atoms with Crippen molar-refractivity contribution in [2.24, 2.45) is 5.73 Å². The van der Waals surface area contributed by atoms with Gasteiger partial charge in [-0.05, 0) is 60.9 Å². The largest absolute Gasteiger partial charge is 0.457 e. The number of rotatable bonds is 7. The summed E-state index contributed by atoms with van der Waals surface area (Å²) < 4.78 is 43.6. The summed E-state index contributed by atoms with van der Waals surface area (Å²) in [5, 5.41) is 2.69. The number of hydrogen-bond acceptors (Lipinski definition) is 4. The Kier molecular flexibility index (Phi) is 6.93.